The highest BCUT2D eigenvalue weighted by molar-refractivity contribution is 5.39. The van der Waals surface area contributed by atoms with Crippen molar-refractivity contribution in [2.24, 2.45) is 17.6 Å². The minimum absolute atomic E-state index is 0.118. The van der Waals surface area contributed by atoms with E-state index in [0.717, 1.165) is 11.7 Å². The van der Waals surface area contributed by atoms with Gasteiger partial charge in [-0.25, -0.2) is 0 Å². The Balaban J connectivity index is 1.98. The average Bonchev–Trinajstić information content (AvgIpc) is 2.52. The van der Waals surface area contributed by atoms with E-state index in [-0.39, 0.29) is 6.04 Å². The van der Waals surface area contributed by atoms with Gasteiger partial charge in [0.05, 0.1) is 7.11 Å². The molecule has 2 heteroatoms. The van der Waals surface area contributed by atoms with E-state index in [0.29, 0.717) is 5.92 Å². The lowest BCUT2D eigenvalue weighted by Crippen LogP contribution is -2.26. The fourth-order valence-corrected chi connectivity index (χ4v) is 3.70. The molecule has 1 aromatic rings. The lowest BCUT2D eigenvalue weighted by molar-refractivity contribution is 0.230. The zero-order valence-electron chi connectivity index (χ0n) is 13.9. The molecular formula is C19H31NO. The van der Waals surface area contributed by atoms with Gasteiger partial charge >= 0.3 is 0 Å². The van der Waals surface area contributed by atoms with Crippen LogP contribution in [0.15, 0.2) is 18.2 Å². The Bertz CT molecular complexity index is 435. The molecule has 0 radical (unpaired) electrons. The van der Waals surface area contributed by atoms with Crippen molar-refractivity contribution in [3.05, 3.63) is 29.3 Å². The molecule has 1 aromatic carbocycles. The molecule has 1 saturated carbocycles. The van der Waals surface area contributed by atoms with Crippen LogP contribution in [0, 0.1) is 18.8 Å². The fourth-order valence-electron chi connectivity index (χ4n) is 3.70. The molecule has 0 heterocycles. The van der Waals surface area contributed by atoms with Gasteiger partial charge in [0.15, 0.2) is 0 Å². The molecule has 2 nitrogen and oxygen atoms in total. The highest BCUT2D eigenvalue weighted by Gasteiger charge is 2.27. The Morgan fingerprint density at radius 2 is 1.95 bits per heavy atom. The Morgan fingerprint density at radius 1 is 1.24 bits per heavy atom. The van der Waals surface area contributed by atoms with Crippen molar-refractivity contribution in [3.63, 3.8) is 0 Å². The second-order valence-corrected chi connectivity index (χ2v) is 6.69. The maximum absolute atomic E-state index is 6.58. The van der Waals surface area contributed by atoms with E-state index in [9.17, 15) is 0 Å². The van der Waals surface area contributed by atoms with Crippen LogP contribution in [0.2, 0.25) is 0 Å². The summed E-state index contributed by atoms with van der Waals surface area (Å²) < 4.78 is 5.51. The molecular weight excluding hydrogens is 258 g/mol. The summed E-state index contributed by atoms with van der Waals surface area (Å²) >= 11 is 0. The van der Waals surface area contributed by atoms with Crippen LogP contribution in [0.4, 0.5) is 0 Å². The Morgan fingerprint density at radius 3 is 2.57 bits per heavy atom. The molecule has 0 amide bonds. The van der Waals surface area contributed by atoms with Crippen LogP contribution >= 0.6 is 0 Å². The molecule has 2 N–H and O–H groups in total. The third-order valence-corrected chi connectivity index (χ3v) is 5.11. The van der Waals surface area contributed by atoms with E-state index in [1.54, 1.807) is 7.11 Å². The summed E-state index contributed by atoms with van der Waals surface area (Å²) in [4.78, 5) is 0. The lowest BCUT2D eigenvalue weighted by Gasteiger charge is -2.33. The molecule has 2 rings (SSSR count). The van der Waals surface area contributed by atoms with E-state index in [1.165, 1.54) is 56.1 Å². The average molecular weight is 289 g/mol. The highest BCUT2D eigenvalue weighted by Crippen LogP contribution is 2.39. The van der Waals surface area contributed by atoms with Gasteiger partial charge in [0.2, 0.25) is 0 Å². The smallest absolute Gasteiger partial charge is 0.123 e. The number of methoxy groups -OCH3 is 1. The van der Waals surface area contributed by atoms with Crippen molar-refractivity contribution in [2.75, 3.05) is 7.11 Å². The topological polar surface area (TPSA) is 35.2 Å². The first-order valence-corrected chi connectivity index (χ1v) is 8.55. The van der Waals surface area contributed by atoms with Crippen LogP contribution < -0.4 is 10.5 Å². The molecule has 0 aliphatic heterocycles. The van der Waals surface area contributed by atoms with Gasteiger partial charge in [-0.2, -0.15) is 0 Å². The maximum Gasteiger partial charge on any atom is 0.123 e. The van der Waals surface area contributed by atoms with Crippen molar-refractivity contribution in [1.82, 2.24) is 0 Å². The normalized spacial score (nSPS) is 23.8. The minimum atomic E-state index is 0.118. The fraction of sp³-hybridized carbons (Fsp3) is 0.684. The summed E-state index contributed by atoms with van der Waals surface area (Å²) in [6, 6.07) is 6.47. The Labute approximate surface area is 130 Å². The molecule has 21 heavy (non-hydrogen) atoms. The number of nitrogens with two attached hydrogens (primary N) is 1. The molecule has 0 spiro atoms. The molecule has 1 atom stereocenters. The van der Waals surface area contributed by atoms with Crippen LogP contribution in [-0.4, -0.2) is 7.11 Å². The molecule has 118 valence electrons. The Hall–Kier alpha value is -1.02. The van der Waals surface area contributed by atoms with Crippen LogP contribution in [0.1, 0.15) is 69.0 Å². The molecule has 1 aliphatic rings. The predicted octanol–water partition coefficient (Wildman–Crippen LogP) is 5.00. The van der Waals surface area contributed by atoms with Crippen LogP contribution in [0.5, 0.6) is 5.75 Å². The van der Waals surface area contributed by atoms with Crippen molar-refractivity contribution in [1.29, 1.82) is 0 Å². The molecule has 0 saturated heterocycles. The van der Waals surface area contributed by atoms with Crippen molar-refractivity contribution in [3.8, 4) is 5.75 Å². The zero-order chi connectivity index (χ0) is 15.2. The summed E-state index contributed by atoms with van der Waals surface area (Å²) in [5, 5.41) is 0. The van der Waals surface area contributed by atoms with Gasteiger partial charge in [-0.3, -0.25) is 0 Å². The molecule has 1 unspecified atom stereocenters. The second kappa shape index (κ2) is 7.84. The van der Waals surface area contributed by atoms with Gasteiger partial charge in [0.1, 0.15) is 5.75 Å². The summed E-state index contributed by atoms with van der Waals surface area (Å²) in [6.45, 7) is 4.41. The van der Waals surface area contributed by atoms with Gasteiger partial charge in [-0.05, 0) is 37.7 Å². The van der Waals surface area contributed by atoms with Gasteiger partial charge < -0.3 is 10.5 Å². The van der Waals surface area contributed by atoms with Crippen LogP contribution in [0.25, 0.3) is 0 Å². The third-order valence-electron chi connectivity index (χ3n) is 5.11. The first-order chi connectivity index (χ1) is 10.2. The second-order valence-electron chi connectivity index (χ2n) is 6.69. The number of unbranched alkanes of at least 4 members (excludes halogenated alkanes) is 1. The quantitative estimate of drug-likeness (QED) is 0.799. The largest absolute Gasteiger partial charge is 0.496 e. The number of rotatable bonds is 6. The number of ether oxygens (including phenoxy) is 1. The van der Waals surface area contributed by atoms with Crippen molar-refractivity contribution in [2.45, 2.75) is 64.8 Å². The van der Waals surface area contributed by atoms with Crippen LogP contribution in [-0.2, 0) is 0 Å². The molecule has 0 bridgehead atoms. The van der Waals surface area contributed by atoms with Gasteiger partial charge in [0.25, 0.3) is 0 Å². The SMILES string of the molecule is CCCCC1CCC(C(N)c2cc(C)ccc2OC)CC1. The first-order valence-electron chi connectivity index (χ1n) is 8.55. The van der Waals surface area contributed by atoms with E-state index in [2.05, 4.69) is 32.0 Å². The maximum atomic E-state index is 6.58. The van der Waals surface area contributed by atoms with E-state index >= 15 is 0 Å². The molecule has 1 aliphatic carbocycles. The Kier molecular flexibility index (Phi) is 6.10. The predicted molar refractivity (Wildman–Crippen MR) is 89.6 cm³/mol. The molecule has 0 aromatic heterocycles. The van der Waals surface area contributed by atoms with Crippen molar-refractivity contribution < 1.29 is 4.74 Å². The highest BCUT2D eigenvalue weighted by atomic mass is 16.5. The number of benzene rings is 1. The van der Waals surface area contributed by atoms with E-state index < -0.39 is 0 Å². The summed E-state index contributed by atoms with van der Waals surface area (Å²) in [5.41, 5.74) is 9.03. The zero-order valence-corrected chi connectivity index (χ0v) is 13.9. The monoisotopic (exact) mass is 289 g/mol. The number of hydrogen-bond acceptors (Lipinski definition) is 2. The summed E-state index contributed by atoms with van der Waals surface area (Å²) in [5.74, 6) is 2.49. The van der Waals surface area contributed by atoms with Gasteiger partial charge in [-0.1, -0.05) is 56.7 Å². The number of aryl methyl sites for hydroxylation is 1. The molecule has 1 fully saturated rings. The van der Waals surface area contributed by atoms with Crippen molar-refractivity contribution >= 4 is 0 Å². The van der Waals surface area contributed by atoms with Gasteiger partial charge in [0, 0.05) is 11.6 Å². The minimum Gasteiger partial charge on any atom is -0.496 e. The lowest BCUT2D eigenvalue weighted by atomic mass is 9.75. The summed E-state index contributed by atoms with van der Waals surface area (Å²) in [6.07, 6.45) is 9.36. The third kappa shape index (κ3) is 4.23. The van der Waals surface area contributed by atoms with Crippen LogP contribution in [0.3, 0.4) is 0 Å². The first kappa shape index (κ1) is 16.4. The standard InChI is InChI=1S/C19H31NO/c1-4-5-6-15-8-10-16(11-9-15)19(20)17-13-14(2)7-12-18(17)21-3/h7,12-13,15-16,19H,4-6,8-11,20H2,1-3H3. The van der Waals surface area contributed by atoms with Gasteiger partial charge in [-0.15, -0.1) is 0 Å². The van der Waals surface area contributed by atoms with E-state index in [4.69, 9.17) is 10.5 Å². The summed E-state index contributed by atoms with van der Waals surface area (Å²) in [7, 11) is 1.74. The number of hydrogen-bond donors (Lipinski definition) is 1. The van der Waals surface area contributed by atoms with E-state index in [1.807, 2.05) is 0 Å².